The Morgan fingerprint density at radius 1 is 1.12 bits per heavy atom. The molecule has 0 aliphatic rings. The number of nitrogens with zero attached hydrogens (tertiary/aromatic N) is 2. The summed E-state index contributed by atoms with van der Waals surface area (Å²) >= 11 is 1.22. The topological polar surface area (TPSA) is 81.1 Å². The number of anilines is 1. The van der Waals surface area contributed by atoms with Crippen molar-refractivity contribution in [2.24, 2.45) is 7.05 Å². The Hall–Kier alpha value is -2.45. The average Bonchev–Trinajstić information content (AvgIpc) is 2.97. The van der Waals surface area contributed by atoms with Crippen LogP contribution in [0.4, 0.5) is 5.69 Å². The van der Waals surface area contributed by atoms with Crippen LogP contribution in [0.2, 0.25) is 0 Å². The molecule has 124 valence electrons. The fraction of sp³-hybridized carbons (Fsp3) is 0.125. The van der Waals surface area contributed by atoms with E-state index in [1.54, 1.807) is 49.5 Å². The molecule has 0 saturated carbocycles. The predicted molar refractivity (Wildman–Crippen MR) is 94.8 cm³/mol. The average molecular weight is 361 g/mol. The van der Waals surface area contributed by atoms with Crippen molar-refractivity contribution >= 4 is 27.0 Å². The minimum absolute atomic E-state index is 0.205. The number of aromatic nitrogens is 2. The van der Waals surface area contributed by atoms with E-state index in [9.17, 15) is 13.2 Å². The predicted octanol–water partition coefficient (Wildman–Crippen LogP) is 2.62. The van der Waals surface area contributed by atoms with Gasteiger partial charge >= 0.3 is 0 Å². The summed E-state index contributed by atoms with van der Waals surface area (Å²) in [6.45, 7) is 1.86. The molecule has 0 amide bonds. The van der Waals surface area contributed by atoms with Gasteiger partial charge in [-0.05, 0) is 37.3 Å². The molecule has 2 aromatic heterocycles. The molecule has 0 spiro atoms. The van der Waals surface area contributed by atoms with Gasteiger partial charge in [-0.2, -0.15) is 5.10 Å². The lowest BCUT2D eigenvalue weighted by atomic mass is 10.1. The van der Waals surface area contributed by atoms with Crippen LogP contribution in [0.5, 0.6) is 0 Å². The second-order valence-corrected chi connectivity index (χ2v) is 8.43. The van der Waals surface area contributed by atoms with Gasteiger partial charge in [-0.25, -0.2) is 13.1 Å². The Balaban J connectivity index is 1.93. The van der Waals surface area contributed by atoms with E-state index in [1.165, 1.54) is 22.1 Å². The molecule has 0 saturated heterocycles. The Morgan fingerprint density at radius 3 is 2.58 bits per heavy atom. The van der Waals surface area contributed by atoms with Crippen LogP contribution in [-0.2, 0) is 17.1 Å². The molecule has 1 N–H and O–H groups in total. The molecule has 0 bridgehead atoms. The van der Waals surface area contributed by atoms with E-state index in [-0.39, 0.29) is 9.77 Å². The molecule has 2 heterocycles. The molecule has 24 heavy (non-hydrogen) atoms. The van der Waals surface area contributed by atoms with Gasteiger partial charge in [0.05, 0.1) is 5.69 Å². The standard InChI is InChI=1S/C16H15N3O3S2/c1-11-6-9-16(23-11)24(21,22)18-13-5-3-4-12(10-13)14-7-8-15(20)19(2)17-14/h3-10,18H,1-2H3. The highest BCUT2D eigenvalue weighted by molar-refractivity contribution is 7.94. The molecular weight excluding hydrogens is 346 g/mol. The first-order chi connectivity index (χ1) is 11.3. The molecule has 0 atom stereocenters. The zero-order valence-electron chi connectivity index (χ0n) is 13.1. The highest BCUT2D eigenvalue weighted by Gasteiger charge is 2.16. The van der Waals surface area contributed by atoms with Crippen molar-refractivity contribution in [3.8, 4) is 11.3 Å². The van der Waals surface area contributed by atoms with Gasteiger partial charge in [0, 0.05) is 29.2 Å². The summed E-state index contributed by atoms with van der Waals surface area (Å²) in [6.07, 6.45) is 0. The van der Waals surface area contributed by atoms with Crippen molar-refractivity contribution in [3.63, 3.8) is 0 Å². The minimum Gasteiger partial charge on any atom is -0.279 e. The number of benzene rings is 1. The van der Waals surface area contributed by atoms with Gasteiger partial charge in [0.15, 0.2) is 0 Å². The van der Waals surface area contributed by atoms with E-state index in [0.717, 1.165) is 4.88 Å². The Kier molecular flexibility index (Phi) is 4.25. The van der Waals surface area contributed by atoms with E-state index in [0.29, 0.717) is 16.9 Å². The Morgan fingerprint density at radius 2 is 1.92 bits per heavy atom. The maximum Gasteiger partial charge on any atom is 0.271 e. The Bertz CT molecular complexity index is 1050. The highest BCUT2D eigenvalue weighted by Crippen LogP contribution is 2.25. The smallest absolute Gasteiger partial charge is 0.271 e. The molecule has 1 aromatic carbocycles. The summed E-state index contributed by atoms with van der Waals surface area (Å²) in [4.78, 5) is 12.4. The van der Waals surface area contributed by atoms with Gasteiger partial charge in [0.2, 0.25) is 0 Å². The molecule has 3 aromatic rings. The molecule has 3 rings (SSSR count). The number of hydrogen-bond acceptors (Lipinski definition) is 5. The maximum atomic E-state index is 12.4. The first kappa shape index (κ1) is 16.4. The van der Waals surface area contributed by atoms with E-state index in [1.807, 2.05) is 6.92 Å². The summed E-state index contributed by atoms with van der Waals surface area (Å²) in [5.74, 6) is 0. The lowest BCUT2D eigenvalue weighted by molar-refractivity contribution is 0.603. The molecular formula is C16H15N3O3S2. The highest BCUT2D eigenvalue weighted by atomic mass is 32.2. The maximum absolute atomic E-state index is 12.4. The van der Waals surface area contributed by atoms with Crippen molar-refractivity contribution < 1.29 is 8.42 Å². The van der Waals surface area contributed by atoms with Gasteiger partial charge in [-0.15, -0.1) is 11.3 Å². The van der Waals surface area contributed by atoms with Crippen LogP contribution < -0.4 is 10.3 Å². The number of sulfonamides is 1. The second kappa shape index (κ2) is 6.21. The van der Waals surface area contributed by atoms with Gasteiger partial charge < -0.3 is 0 Å². The van der Waals surface area contributed by atoms with Crippen molar-refractivity contribution in [1.82, 2.24) is 9.78 Å². The second-order valence-electron chi connectivity index (χ2n) is 5.23. The van der Waals surface area contributed by atoms with Crippen LogP contribution in [0.15, 0.2) is 57.5 Å². The Labute approximate surface area is 143 Å². The van der Waals surface area contributed by atoms with Crippen LogP contribution >= 0.6 is 11.3 Å². The first-order valence-electron chi connectivity index (χ1n) is 7.09. The third-order valence-electron chi connectivity index (χ3n) is 3.35. The monoisotopic (exact) mass is 361 g/mol. The number of hydrogen-bond donors (Lipinski definition) is 1. The molecule has 0 aliphatic heterocycles. The summed E-state index contributed by atoms with van der Waals surface area (Å²) in [6, 6.07) is 13.3. The van der Waals surface area contributed by atoms with E-state index in [4.69, 9.17) is 0 Å². The van der Waals surface area contributed by atoms with Gasteiger partial charge in [0.1, 0.15) is 4.21 Å². The lowest BCUT2D eigenvalue weighted by Crippen LogP contribution is -2.18. The van der Waals surface area contributed by atoms with Crippen molar-refractivity contribution in [1.29, 1.82) is 0 Å². The van der Waals surface area contributed by atoms with Crippen LogP contribution in [-0.4, -0.2) is 18.2 Å². The summed E-state index contributed by atoms with van der Waals surface area (Å²) in [7, 11) is -2.05. The lowest BCUT2D eigenvalue weighted by Gasteiger charge is -2.08. The summed E-state index contributed by atoms with van der Waals surface area (Å²) < 4.78 is 28.9. The van der Waals surface area contributed by atoms with E-state index >= 15 is 0 Å². The molecule has 8 heteroatoms. The quantitative estimate of drug-likeness (QED) is 0.774. The summed E-state index contributed by atoms with van der Waals surface area (Å²) in [5.41, 5.74) is 1.54. The van der Waals surface area contributed by atoms with E-state index < -0.39 is 10.0 Å². The molecule has 6 nitrogen and oxygen atoms in total. The van der Waals surface area contributed by atoms with Gasteiger partial charge in [0.25, 0.3) is 15.6 Å². The normalized spacial score (nSPS) is 11.4. The minimum atomic E-state index is -3.61. The third-order valence-corrected chi connectivity index (χ3v) is 6.23. The van der Waals surface area contributed by atoms with Gasteiger partial charge in [-0.3, -0.25) is 9.52 Å². The number of rotatable bonds is 4. The van der Waals surface area contributed by atoms with Gasteiger partial charge in [-0.1, -0.05) is 12.1 Å². The molecule has 0 aliphatic carbocycles. The van der Waals surface area contributed by atoms with Crippen molar-refractivity contribution in [2.45, 2.75) is 11.1 Å². The SMILES string of the molecule is Cc1ccc(S(=O)(=O)Nc2cccc(-c3ccc(=O)n(C)n3)c2)s1. The number of thiophene rings is 1. The van der Waals surface area contributed by atoms with E-state index in [2.05, 4.69) is 9.82 Å². The number of nitrogens with one attached hydrogen (secondary N) is 1. The molecule has 0 unspecified atom stereocenters. The zero-order valence-corrected chi connectivity index (χ0v) is 14.7. The van der Waals surface area contributed by atoms with Crippen molar-refractivity contribution in [3.05, 3.63) is 63.8 Å². The van der Waals surface area contributed by atoms with Crippen LogP contribution in [0.1, 0.15) is 4.88 Å². The fourth-order valence-corrected chi connectivity index (χ4v) is 4.49. The van der Waals surface area contributed by atoms with Crippen LogP contribution in [0, 0.1) is 6.92 Å². The van der Waals surface area contributed by atoms with Crippen LogP contribution in [0.3, 0.4) is 0 Å². The zero-order chi connectivity index (χ0) is 17.3. The first-order valence-corrected chi connectivity index (χ1v) is 9.39. The molecule has 0 fully saturated rings. The van der Waals surface area contributed by atoms with Crippen molar-refractivity contribution in [2.75, 3.05) is 4.72 Å². The molecule has 0 radical (unpaired) electrons. The third kappa shape index (κ3) is 3.39. The van der Waals surface area contributed by atoms with Crippen LogP contribution in [0.25, 0.3) is 11.3 Å². The largest absolute Gasteiger partial charge is 0.279 e. The summed E-state index contributed by atoms with van der Waals surface area (Å²) in [5, 5.41) is 4.17. The fourth-order valence-electron chi connectivity index (χ4n) is 2.16. The number of aryl methyl sites for hydroxylation is 2.